The number of thiocarbonyl (C=S) groups is 1. The van der Waals surface area contributed by atoms with Gasteiger partial charge in [-0.2, -0.15) is 0 Å². The van der Waals surface area contributed by atoms with Crippen LogP contribution in [0, 0.1) is 0 Å². The number of hydrogen-bond acceptors (Lipinski definition) is 13. The van der Waals surface area contributed by atoms with Crippen LogP contribution in [0.3, 0.4) is 0 Å². The molecule has 0 atom stereocenters. The van der Waals surface area contributed by atoms with Crippen molar-refractivity contribution in [3.63, 3.8) is 0 Å². The number of methoxy groups -OCH3 is 1. The first-order valence-corrected chi connectivity index (χ1v) is 15.7. The van der Waals surface area contributed by atoms with Gasteiger partial charge in [-0.15, -0.1) is 10.2 Å². The van der Waals surface area contributed by atoms with Gasteiger partial charge < -0.3 is 18.3 Å². The molecule has 1 saturated heterocycles. The summed E-state index contributed by atoms with van der Waals surface area (Å²) in [5.74, 6) is 1.31. The van der Waals surface area contributed by atoms with Crippen LogP contribution in [0.2, 0.25) is 0 Å². The first-order valence-electron chi connectivity index (χ1n) is 12.6. The molecule has 2 aromatic carbocycles. The first kappa shape index (κ1) is 28.9. The number of hydrogen-bond donors (Lipinski definition) is 1. The molecule has 1 aliphatic rings. The van der Waals surface area contributed by atoms with Crippen molar-refractivity contribution in [2.75, 3.05) is 19.0 Å². The molecule has 1 aliphatic heterocycles. The molecule has 0 aliphatic carbocycles. The van der Waals surface area contributed by atoms with E-state index in [9.17, 15) is 9.59 Å². The predicted octanol–water partition coefficient (Wildman–Crippen LogP) is 5.99. The molecule has 0 saturated carbocycles. The van der Waals surface area contributed by atoms with Crippen LogP contribution in [0.5, 0.6) is 11.5 Å². The Morgan fingerprint density at radius 1 is 1.16 bits per heavy atom. The SMILES string of the molecule is COc1cc(/C=C2\SC(=S)N(Cc3ccco3)C2=O)ccc1OCC(=O)Nc1nnc(CSc2nc3ccccc3o2)s1. The highest BCUT2D eigenvalue weighted by Crippen LogP contribution is 2.36. The van der Waals surface area contributed by atoms with Gasteiger partial charge in [-0.3, -0.25) is 19.8 Å². The molecule has 11 nitrogen and oxygen atoms in total. The molecule has 3 aromatic heterocycles. The third-order valence-corrected chi connectivity index (χ3v) is 9.16. The second-order valence-electron chi connectivity index (χ2n) is 8.83. The van der Waals surface area contributed by atoms with Crippen LogP contribution in [0.1, 0.15) is 16.3 Å². The van der Waals surface area contributed by atoms with Crippen LogP contribution in [-0.2, 0) is 21.9 Å². The molecule has 5 aromatic rings. The molecule has 0 radical (unpaired) electrons. The van der Waals surface area contributed by atoms with Gasteiger partial charge in [0.15, 0.2) is 23.7 Å². The third-order valence-electron chi connectivity index (χ3n) is 5.92. The maximum absolute atomic E-state index is 12.9. The van der Waals surface area contributed by atoms with Crippen molar-refractivity contribution in [2.24, 2.45) is 0 Å². The number of nitrogens with zero attached hydrogens (tertiary/aromatic N) is 4. The highest BCUT2D eigenvalue weighted by Gasteiger charge is 2.32. The monoisotopic (exact) mass is 651 g/mol. The summed E-state index contributed by atoms with van der Waals surface area (Å²) in [6, 6.07) is 16.3. The van der Waals surface area contributed by atoms with Gasteiger partial charge in [-0.25, -0.2) is 4.98 Å². The van der Waals surface area contributed by atoms with E-state index in [0.29, 0.717) is 53.2 Å². The highest BCUT2D eigenvalue weighted by molar-refractivity contribution is 8.26. The van der Waals surface area contributed by atoms with Gasteiger partial charge in [0.05, 0.1) is 30.6 Å². The Hall–Kier alpha value is -4.18. The van der Waals surface area contributed by atoms with Crippen molar-refractivity contribution in [3.8, 4) is 11.5 Å². The minimum atomic E-state index is -0.402. The van der Waals surface area contributed by atoms with Crippen LogP contribution in [-0.4, -0.2) is 49.9 Å². The molecule has 0 unspecified atom stereocenters. The van der Waals surface area contributed by atoms with Crippen molar-refractivity contribution >= 4 is 85.5 Å². The van der Waals surface area contributed by atoms with E-state index in [-0.39, 0.29) is 19.1 Å². The smallest absolute Gasteiger partial charge is 0.266 e. The Bertz CT molecular complexity index is 1800. The number of fused-ring (bicyclic) bond motifs is 1. The lowest BCUT2D eigenvalue weighted by Crippen LogP contribution is -2.27. The number of rotatable bonds is 11. The summed E-state index contributed by atoms with van der Waals surface area (Å²) >= 11 is 9.26. The van der Waals surface area contributed by atoms with Gasteiger partial charge in [0.1, 0.15) is 20.6 Å². The van der Waals surface area contributed by atoms with Crippen LogP contribution in [0.4, 0.5) is 5.13 Å². The predicted molar refractivity (Wildman–Crippen MR) is 168 cm³/mol. The van der Waals surface area contributed by atoms with E-state index in [2.05, 4.69) is 20.5 Å². The fourth-order valence-electron chi connectivity index (χ4n) is 3.94. The van der Waals surface area contributed by atoms with E-state index in [4.69, 9.17) is 30.5 Å². The van der Waals surface area contributed by atoms with Crippen LogP contribution in [0.25, 0.3) is 17.2 Å². The number of thioether (sulfide) groups is 2. The van der Waals surface area contributed by atoms with E-state index in [0.717, 1.165) is 11.1 Å². The molecule has 218 valence electrons. The summed E-state index contributed by atoms with van der Waals surface area (Å²) in [7, 11) is 1.50. The number of nitrogens with one attached hydrogen (secondary N) is 1. The second-order valence-corrected chi connectivity index (χ2v) is 12.5. The Kier molecular flexibility index (Phi) is 8.74. The highest BCUT2D eigenvalue weighted by atomic mass is 32.2. The quantitative estimate of drug-likeness (QED) is 0.102. The van der Waals surface area contributed by atoms with E-state index >= 15 is 0 Å². The number of anilines is 1. The number of benzene rings is 2. The van der Waals surface area contributed by atoms with Crippen molar-refractivity contribution in [3.05, 3.63) is 82.1 Å². The van der Waals surface area contributed by atoms with Gasteiger partial charge in [0.2, 0.25) is 5.13 Å². The number of carbonyl (C=O) groups excluding carboxylic acids is 2. The number of oxazole rings is 1. The topological polar surface area (TPSA) is 133 Å². The van der Waals surface area contributed by atoms with Crippen molar-refractivity contribution in [1.82, 2.24) is 20.1 Å². The molecular formula is C28H21N5O6S4. The summed E-state index contributed by atoms with van der Waals surface area (Å²) in [5, 5.41) is 12.5. The molecular weight excluding hydrogens is 631 g/mol. The minimum absolute atomic E-state index is 0.202. The number of aromatic nitrogens is 3. The summed E-state index contributed by atoms with van der Waals surface area (Å²) in [6.45, 7) is -0.00181. The van der Waals surface area contributed by atoms with Crippen LogP contribution in [0.15, 0.2) is 79.8 Å². The zero-order valence-electron chi connectivity index (χ0n) is 22.3. The Balaban J connectivity index is 1.02. The maximum atomic E-state index is 12.9. The summed E-state index contributed by atoms with van der Waals surface area (Å²) < 4.78 is 22.7. The molecule has 1 N–H and O–H groups in total. The van der Waals surface area contributed by atoms with E-state index in [1.807, 2.05) is 24.3 Å². The lowest BCUT2D eigenvalue weighted by atomic mass is 10.2. The largest absolute Gasteiger partial charge is 0.493 e. The van der Waals surface area contributed by atoms with Crippen molar-refractivity contribution in [1.29, 1.82) is 0 Å². The lowest BCUT2D eigenvalue weighted by Gasteiger charge is -2.12. The Morgan fingerprint density at radius 3 is 2.86 bits per heavy atom. The van der Waals surface area contributed by atoms with E-state index in [1.165, 1.54) is 46.9 Å². The molecule has 15 heteroatoms. The van der Waals surface area contributed by atoms with E-state index < -0.39 is 5.91 Å². The molecule has 43 heavy (non-hydrogen) atoms. The molecule has 0 spiro atoms. The molecule has 0 bridgehead atoms. The fraction of sp³-hybridized carbons (Fsp3) is 0.143. The van der Waals surface area contributed by atoms with Crippen LogP contribution >= 0.6 is 47.1 Å². The maximum Gasteiger partial charge on any atom is 0.266 e. The lowest BCUT2D eigenvalue weighted by molar-refractivity contribution is -0.122. The Morgan fingerprint density at radius 2 is 2.05 bits per heavy atom. The molecule has 6 rings (SSSR count). The van der Waals surface area contributed by atoms with Crippen molar-refractivity contribution in [2.45, 2.75) is 17.5 Å². The van der Waals surface area contributed by atoms with Gasteiger partial charge in [-0.1, -0.05) is 65.3 Å². The van der Waals surface area contributed by atoms with Gasteiger partial charge in [-0.05, 0) is 48.0 Å². The molecule has 4 heterocycles. The van der Waals surface area contributed by atoms with Crippen LogP contribution < -0.4 is 14.8 Å². The molecule has 1 fully saturated rings. The Labute approximate surface area is 262 Å². The first-order chi connectivity index (χ1) is 20.9. The number of ether oxygens (including phenoxy) is 2. The third kappa shape index (κ3) is 6.91. The minimum Gasteiger partial charge on any atom is -0.493 e. The average molecular weight is 652 g/mol. The average Bonchev–Trinajstić information content (AvgIpc) is 3.81. The number of carbonyl (C=O) groups is 2. The van der Waals surface area contributed by atoms with Gasteiger partial charge >= 0.3 is 0 Å². The van der Waals surface area contributed by atoms with Gasteiger partial charge in [0, 0.05) is 0 Å². The fourth-order valence-corrected chi connectivity index (χ4v) is 6.77. The summed E-state index contributed by atoms with van der Waals surface area (Å²) in [4.78, 5) is 31.9. The number of amides is 2. The zero-order chi connectivity index (χ0) is 29.8. The zero-order valence-corrected chi connectivity index (χ0v) is 25.6. The number of para-hydroxylation sites is 2. The summed E-state index contributed by atoms with van der Waals surface area (Å²) in [5.41, 5.74) is 2.23. The number of furan rings is 1. The second kappa shape index (κ2) is 13.0. The standard InChI is InChI=1S/C28H21N5O6S4/c1-36-21-11-16(12-22-25(35)33(28(40)42-22)13-17-5-4-10-37-17)8-9-20(21)38-14-23(34)30-26-32-31-24(43-26)15-41-27-29-18-6-2-3-7-19(18)39-27/h2-12H,13-15H2,1H3,(H,30,32,34)/b22-12-. The normalized spacial score (nSPS) is 14.2. The molecule has 2 amide bonds. The van der Waals surface area contributed by atoms with Gasteiger partial charge in [0.25, 0.3) is 17.0 Å². The van der Waals surface area contributed by atoms with E-state index in [1.54, 1.807) is 42.7 Å². The van der Waals surface area contributed by atoms with Crippen molar-refractivity contribution < 1.29 is 27.9 Å². The summed E-state index contributed by atoms with van der Waals surface area (Å²) in [6.07, 6.45) is 3.29.